The number of ether oxygens (including phenoxy) is 1. The van der Waals surface area contributed by atoms with Gasteiger partial charge in [0.15, 0.2) is 0 Å². The molecule has 5 heteroatoms. The number of amides is 2. The minimum atomic E-state index is 0.0260. The second-order valence-electron chi connectivity index (χ2n) is 5.22. The van der Waals surface area contributed by atoms with E-state index < -0.39 is 0 Å². The number of thioether (sulfide) groups is 1. The van der Waals surface area contributed by atoms with Crippen LogP contribution in [0.15, 0.2) is 24.3 Å². The third-order valence-electron chi connectivity index (χ3n) is 3.75. The van der Waals surface area contributed by atoms with Gasteiger partial charge in [-0.05, 0) is 24.5 Å². The van der Waals surface area contributed by atoms with Gasteiger partial charge in [-0.15, -0.1) is 0 Å². The Morgan fingerprint density at radius 2 is 2.24 bits per heavy atom. The molecule has 0 aromatic heterocycles. The lowest BCUT2D eigenvalue weighted by atomic mass is 10.0. The first-order chi connectivity index (χ1) is 10.2. The minimum Gasteiger partial charge on any atom is -0.383 e. The molecule has 1 aromatic carbocycles. The molecule has 2 rings (SSSR count). The number of aryl methyl sites for hydroxylation is 1. The fourth-order valence-corrected chi connectivity index (χ4v) is 3.87. The van der Waals surface area contributed by atoms with Crippen LogP contribution in [0, 0.1) is 6.92 Å². The maximum absolute atomic E-state index is 12.1. The van der Waals surface area contributed by atoms with Crippen molar-refractivity contribution in [3.63, 3.8) is 0 Å². The van der Waals surface area contributed by atoms with Crippen molar-refractivity contribution in [1.29, 1.82) is 0 Å². The number of hydrogen-bond acceptors (Lipinski definition) is 3. The molecule has 2 amide bonds. The molecule has 0 aliphatic carbocycles. The van der Waals surface area contributed by atoms with Crippen LogP contribution in [0.25, 0.3) is 0 Å². The van der Waals surface area contributed by atoms with Crippen LogP contribution < -0.4 is 5.32 Å². The Labute approximate surface area is 131 Å². The zero-order valence-electron chi connectivity index (χ0n) is 12.8. The van der Waals surface area contributed by atoms with Gasteiger partial charge in [0.05, 0.1) is 6.61 Å². The molecule has 0 bridgehead atoms. The summed E-state index contributed by atoms with van der Waals surface area (Å²) in [5.41, 5.74) is 2.75. The lowest BCUT2D eigenvalue weighted by molar-refractivity contribution is 0.181. The molecule has 116 valence electrons. The maximum atomic E-state index is 12.1. The van der Waals surface area contributed by atoms with Gasteiger partial charge in [0, 0.05) is 37.7 Å². The number of methoxy groups -OCH3 is 1. The monoisotopic (exact) mass is 308 g/mol. The summed E-state index contributed by atoms with van der Waals surface area (Å²) in [6.45, 7) is 4.91. The van der Waals surface area contributed by atoms with Crippen molar-refractivity contribution in [3.8, 4) is 0 Å². The van der Waals surface area contributed by atoms with Crippen molar-refractivity contribution in [3.05, 3.63) is 35.4 Å². The second kappa shape index (κ2) is 8.29. The van der Waals surface area contributed by atoms with E-state index in [9.17, 15) is 4.79 Å². The van der Waals surface area contributed by atoms with Crippen LogP contribution >= 0.6 is 11.8 Å². The van der Waals surface area contributed by atoms with E-state index in [-0.39, 0.29) is 6.03 Å². The Balaban J connectivity index is 1.90. The van der Waals surface area contributed by atoms with E-state index >= 15 is 0 Å². The summed E-state index contributed by atoms with van der Waals surface area (Å²) in [4.78, 5) is 14.0. The van der Waals surface area contributed by atoms with Gasteiger partial charge in [-0.2, -0.15) is 11.8 Å². The third-order valence-corrected chi connectivity index (χ3v) is 5.06. The molecule has 1 atom stereocenters. The van der Waals surface area contributed by atoms with Gasteiger partial charge in [-0.25, -0.2) is 4.79 Å². The highest BCUT2D eigenvalue weighted by atomic mass is 32.2. The van der Waals surface area contributed by atoms with Crippen molar-refractivity contribution in [1.82, 2.24) is 10.2 Å². The van der Waals surface area contributed by atoms with Crippen LogP contribution in [0.3, 0.4) is 0 Å². The Kier molecular flexibility index (Phi) is 6.39. The Morgan fingerprint density at radius 1 is 1.43 bits per heavy atom. The van der Waals surface area contributed by atoms with E-state index in [1.807, 2.05) is 16.7 Å². The zero-order valence-corrected chi connectivity index (χ0v) is 13.6. The van der Waals surface area contributed by atoms with E-state index in [4.69, 9.17) is 4.74 Å². The van der Waals surface area contributed by atoms with E-state index in [2.05, 4.69) is 36.5 Å². The smallest absolute Gasteiger partial charge is 0.317 e. The summed E-state index contributed by atoms with van der Waals surface area (Å²) < 4.78 is 4.95. The van der Waals surface area contributed by atoms with Gasteiger partial charge in [-0.1, -0.05) is 24.3 Å². The fraction of sp³-hybridized carbons (Fsp3) is 0.562. The van der Waals surface area contributed by atoms with Crippen molar-refractivity contribution < 1.29 is 9.53 Å². The number of benzene rings is 1. The summed E-state index contributed by atoms with van der Waals surface area (Å²) in [7, 11) is 1.64. The van der Waals surface area contributed by atoms with Crippen LogP contribution in [-0.4, -0.2) is 50.0 Å². The average molecular weight is 308 g/mol. The van der Waals surface area contributed by atoms with E-state index in [0.717, 1.165) is 25.3 Å². The molecule has 21 heavy (non-hydrogen) atoms. The minimum absolute atomic E-state index is 0.0260. The summed E-state index contributed by atoms with van der Waals surface area (Å²) >= 11 is 1.95. The van der Waals surface area contributed by atoms with E-state index in [1.165, 1.54) is 11.1 Å². The van der Waals surface area contributed by atoms with E-state index in [0.29, 0.717) is 18.4 Å². The highest BCUT2D eigenvalue weighted by Crippen LogP contribution is 2.35. The molecule has 4 nitrogen and oxygen atoms in total. The molecule has 1 fully saturated rings. The van der Waals surface area contributed by atoms with Crippen LogP contribution in [-0.2, 0) is 4.74 Å². The molecular formula is C16H24N2O2S. The number of urea groups is 1. The molecule has 1 unspecified atom stereocenters. The summed E-state index contributed by atoms with van der Waals surface area (Å²) in [6, 6.07) is 8.58. The summed E-state index contributed by atoms with van der Waals surface area (Å²) in [5, 5.41) is 3.39. The lowest BCUT2D eigenvalue weighted by Gasteiger charge is -2.21. The van der Waals surface area contributed by atoms with Gasteiger partial charge >= 0.3 is 6.03 Å². The molecule has 0 spiro atoms. The van der Waals surface area contributed by atoms with Gasteiger partial charge in [0.1, 0.15) is 0 Å². The second-order valence-corrected chi connectivity index (χ2v) is 6.53. The SMILES string of the molecule is COCCNC(=O)N1CCSC(c2ccccc2C)CC1. The Hall–Kier alpha value is -1.20. The molecule has 1 aliphatic rings. The topological polar surface area (TPSA) is 41.6 Å². The first-order valence-corrected chi connectivity index (χ1v) is 8.46. The molecule has 1 N–H and O–H groups in total. The van der Waals surface area contributed by atoms with E-state index in [1.54, 1.807) is 7.11 Å². The molecule has 1 aliphatic heterocycles. The first-order valence-electron chi connectivity index (χ1n) is 7.41. The van der Waals surface area contributed by atoms with Gasteiger partial charge in [0.2, 0.25) is 0 Å². The molecule has 1 saturated heterocycles. The quantitative estimate of drug-likeness (QED) is 0.870. The van der Waals surface area contributed by atoms with Crippen molar-refractivity contribution >= 4 is 17.8 Å². The van der Waals surface area contributed by atoms with Gasteiger partial charge < -0.3 is 15.0 Å². The highest BCUT2D eigenvalue weighted by molar-refractivity contribution is 7.99. The standard InChI is InChI=1S/C16H24N2O2S/c1-13-5-3-4-6-14(13)15-7-9-18(10-12-21-15)16(19)17-8-11-20-2/h3-6,15H,7-12H2,1-2H3,(H,17,19). The normalized spacial score (nSPS) is 19.1. The van der Waals surface area contributed by atoms with Crippen LogP contribution in [0.4, 0.5) is 4.79 Å². The molecule has 0 radical (unpaired) electrons. The largest absolute Gasteiger partial charge is 0.383 e. The van der Waals surface area contributed by atoms with Gasteiger partial charge in [-0.3, -0.25) is 0 Å². The Morgan fingerprint density at radius 3 is 3.00 bits per heavy atom. The molecule has 1 aromatic rings. The number of nitrogens with one attached hydrogen (secondary N) is 1. The van der Waals surface area contributed by atoms with Gasteiger partial charge in [0.25, 0.3) is 0 Å². The van der Waals surface area contributed by atoms with Crippen molar-refractivity contribution in [2.75, 3.05) is 39.1 Å². The maximum Gasteiger partial charge on any atom is 0.317 e. The number of carbonyl (C=O) groups excluding carboxylic acids is 1. The summed E-state index contributed by atoms with van der Waals surface area (Å²) in [6.07, 6.45) is 1.01. The summed E-state index contributed by atoms with van der Waals surface area (Å²) in [5.74, 6) is 0.983. The van der Waals surface area contributed by atoms with Crippen molar-refractivity contribution in [2.45, 2.75) is 18.6 Å². The highest BCUT2D eigenvalue weighted by Gasteiger charge is 2.22. The fourth-order valence-electron chi connectivity index (χ4n) is 2.54. The first kappa shape index (κ1) is 16.2. The number of carbonyl (C=O) groups is 1. The number of rotatable bonds is 4. The Bertz CT molecular complexity index is 467. The van der Waals surface area contributed by atoms with Crippen LogP contribution in [0.5, 0.6) is 0 Å². The average Bonchev–Trinajstić information content (AvgIpc) is 2.74. The molecular weight excluding hydrogens is 284 g/mol. The van der Waals surface area contributed by atoms with Crippen molar-refractivity contribution in [2.24, 2.45) is 0 Å². The van der Waals surface area contributed by atoms with Crippen LogP contribution in [0.1, 0.15) is 22.8 Å². The number of hydrogen-bond donors (Lipinski definition) is 1. The molecule has 1 heterocycles. The predicted octanol–water partition coefficient (Wildman–Crippen LogP) is 2.83. The molecule has 0 saturated carbocycles. The zero-order chi connectivity index (χ0) is 15.1. The van der Waals surface area contributed by atoms with Crippen LogP contribution in [0.2, 0.25) is 0 Å². The predicted molar refractivity (Wildman–Crippen MR) is 87.8 cm³/mol. The lowest BCUT2D eigenvalue weighted by Crippen LogP contribution is -2.42. The number of nitrogens with zero attached hydrogens (tertiary/aromatic N) is 1. The third kappa shape index (κ3) is 4.64.